The second-order valence-corrected chi connectivity index (χ2v) is 4.66. The highest BCUT2D eigenvalue weighted by atomic mass is 16.5. The maximum Gasteiger partial charge on any atom is 0.0620 e. The number of likely N-dealkylation sites (N-methyl/N-ethyl adjacent to an activating group) is 1. The van der Waals surface area contributed by atoms with Gasteiger partial charge in [0, 0.05) is 38.8 Å². The lowest BCUT2D eigenvalue weighted by atomic mass is 10.2. The lowest BCUT2D eigenvalue weighted by Crippen LogP contribution is -2.47. The molecule has 2 aliphatic rings. The van der Waals surface area contributed by atoms with Crippen LogP contribution in [0.2, 0.25) is 0 Å². The van der Waals surface area contributed by atoms with Crippen LogP contribution in [0.25, 0.3) is 0 Å². The van der Waals surface area contributed by atoms with Crippen molar-refractivity contribution >= 4 is 0 Å². The molecule has 4 nitrogen and oxygen atoms in total. The summed E-state index contributed by atoms with van der Waals surface area (Å²) in [4.78, 5) is 4.97. The maximum absolute atomic E-state index is 5.45. The topological polar surface area (TPSA) is 27.7 Å². The van der Waals surface area contributed by atoms with Crippen LogP contribution in [-0.4, -0.2) is 75.4 Å². The molecule has 1 unspecified atom stereocenters. The zero-order valence-electron chi connectivity index (χ0n) is 9.74. The van der Waals surface area contributed by atoms with Crippen molar-refractivity contribution < 1.29 is 4.74 Å². The van der Waals surface area contributed by atoms with E-state index in [1.807, 2.05) is 0 Å². The molecule has 0 aromatic carbocycles. The molecular formula is C11H23N3O. The van der Waals surface area contributed by atoms with Gasteiger partial charge in [0.15, 0.2) is 0 Å². The van der Waals surface area contributed by atoms with Crippen molar-refractivity contribution in [3.05, 3.63) is 0 Å². The van der Waals surface area contributed by atoms with Crippen LogP contribution in [0, 0.1) is 0 Å². The van der Waals surface area contributed by atoms with E-state index in [4.69, 9.17) is 4.74 Å². The van der Waals surface area contributed by atoms with Crippen LogP contribution in [0.4, 0.5) is 0 Å². The van der Waals surface area contributed by atoms with Crippen molar-refractivity contribution in [2.45, 2.75) is 12.5 Å². The molecule has 0 aliphatic carbocycles. The lowest BCUT2D eigenvalue weighted by Gasteiger charge is -2.33. The molecule has 1 atom stereocenters. The molecule has 15 heavy (non-hydrogen) atoms. The molecule has 1 N–H and O–H groups in total. The SMILES string of the molecule is CN1CCN(CCC2COCCN2)CC1. The summed E-state index contributed by atoms with van der Waals surface area (Å²) < 4.78 is 5.45. The number of piperazine rings is 1. The molecule has 0 amide bonds. The predicted octanol–water partition coefficient (Wildman–Crippen LogP) is -0.388. The van der Waals surface area contributed by atoms with Gasteiger partial charge in [-0.25, -0.2) is 0 Å². The minimum absolute atomic E-state index is 0.582. The molecule has 88 valence electrons. The van der Waals surface area contributed by atoms with Crippen molar-refractivity contribution in [1.82, 2.24) is 15.1 Å². The summed E-state index contributed by atoms with van der Waals surface area (Å²) in [6, 6.07) is 0.582. The molecule has 0 radical (unpaired) electrons. The van der Waals surface area contributed by atoms with Gasteiger partial charge in [-0.15, -0.1) is 0 Å². The summed E-state index contributed by atoms with van der Waals surface area (Å²) in [6.45, 7) is 8.90. The van der Waals surface area contributed by atoms with Crippen molar-refractivity contribution in [3.63, 3.8) is 0 Å². The maximum atomic E-state index is 5.45. The molecule has 2 heterocycles. The molecule has 0 aromatic heterocycles. The summed E-state index contributed by atoms with van der Waals surface area (Å²) in [5.74, 6) is 0. The molecule has 0 bridgehead atoms. The van der Waals surface area contributed by atoms with Crippen LogP contribution in [-0.2, 0) is 4.74 Å². The van der Waals surface area contributed by atoms with Crippen molar-refractivity contribution in [3.8, 4) is 0 Å². The van der Waals surface area contributed by atoms with Gasteiger partial charge in [0.1, 0.15) is 0 Å². The van der Waals surface area contributed by atoms with Crippen LogP contribution in [0.5, 0.6) is 0 Å². The number of hydrogen-bond donors (Lipinski definition) is 1. The largest absolute Gasteiger partial charge is 0.379 e. The van der Waals surface area contributed by atoms with Crippen LogP contribution in [0.3, 0.4) is 0 Å². The Morgan fingerprint density at radius 1 is 1.27 bits per heavy atom. The van der Waals surface area contributed by atoms with Gasteiger partial charge in [0.05, 0.1) is 13.2 Å². The molecular weight excluding hydrogens is 190 g/mol. The second-order valence-electron chi connectivity index (χ2n) is 4.66. The molecule has 0 saturated carbocycles. The lowest BCUT2D eigenvalue weighted by molar-refractivity contribution is 0.0665. The summed E-state index contributed by atoms with van der Waals surface area (Å²) in [6.07, 6.45) is 1.23. The third-order valence-electron chi connectivity index (χ3n) is 3.39. The highest BCUT2D eigenvalue weighted by molar-refractivity contribution is 4.75. The van der Waals surface area contributed by atoms with Crippen LogP contribution < -0.4 is 5.32 Å². The Kier molecular flexibility index (Phi) is 4.38. The first-order valence-electron chi connectivity index (χ1n) is 6.06. The van der Waals surface area contributed by atoms with Gasteiger partial charge in [-0.2, -0.15) is 0 Å². The summed E-state index contributed by atoms with van der Waals surface area (Å²) in [7, 11) is 2.20. The summed E-state index contributed by atoms with van der Waals surface area (Å²) in [5.41, 5.74) is 0. The van der Waals surface area contributed by atoms with Crippen molar-refractivity contribution in [2.24, 2.45) is 0 Å². The number of nitrogens with zero attached hydrogens (tertiary/aromatic N) is 2. The Bertz CT molecular complexity index is 175. The highest BCUT2D eigenvalue weighted by Gasteiger charge is 2.17. The monoisotopic (exact) mass is 213 g/mol. The fraction of sp³-hybridized carbons (Fsp3) is 1.00. The average molecular weight is 213 g/mol. The van der Waals surface area contributed by atoms with E-state index in [2.05, 4.69) is 22.2 Å². The van der Waals surface area contributed by atoms with E-state index in [9.17, 15) is 0 Å². The van der Waals surface area contributed by atoms with E-state index >= 15 is 0 Å². The van der Waals surface area contributed by atoms with Crippen molar-refractivity contribution in [1.29, 1.82) is 0 Å². The van der Waals surface area contributed by atoms with Gasteiger partial charge in [0.25, 0.3) is 0 Å². The fourth-order valence-corrected chi connectivity index (χ4v) is 2.22. The van der Waals surface area contributed by atoms with Crippen LogP contribution in [0.15, 0.2) is 0 Å². The normalized spacial score (nSPS) is 30.6. The standard InChI is InChI=1S/C11H23N3O/c1-13-5-7-14(8-6-13)4-2-11-10-15-9-3-12-11/h11-12H,2-10H2,1H3. The Morgan fingerprint density at radius 2 is 2.07 bits per heavy atom. The number of rotatable bonds is 3. The van der Waals surface area contributed by atoms with Gasteiger partial charge >= 0.3 is 0 Å². The molecule has 2 rings (SSSR count). The summed E-state index contributed by atoms with van der Waals surface area (Å²) in [5, 5.41) is 3.51. The number of hydrogen-bond acceptors (Lipinski definition) is 4. The van der Waals surface area contributed by atoms with E-state index < -0.39 is 0 Å². The second kappa shape index (κ2) is 5.80. The molecule has 0 aromatic rings. The Hall–Kier alpha value is -0.160. The molecule has 0 spiro atoms. The quantitative estimate of drug-likeness (QED) is 0.691. The van der Waals surface area contributed by atoms with E-state index in [0.717, 1.165) is 19.8 Å². The number of ether oxygens (including phenoxy) is 1. The predicted molar refractivity (Wildman–Crippen MR) is 61.2 cm³/mol. The first kappa shape index (κ1) is 11.3. The number of nitrogens with one attached hydrogen (secondary N) is 1. The Morgan fingerprint density at radius 3 is 2.73 bits per heavy atom. The van der Waals surface area contributed by atoms with Gasteiger partial charge in [-0.1, -0.05) is 0 Å². The average Bonchev–Trinajstić information content (AvgIpc) is 2.30. The molecule has 4 heteroatoms. The third-order valence-corrected chi connectivity index (χ3v) is 3.39. The molecule has 2 fully saturated rings. The zero-order chi connectivity index (χ0) is 10.5. The van der Waals surface area contributed by atoms with Crippen LogP contribution >= 0.6 is 0 Å². The fourth-order valence-electron chi connectivity index (χ4n) is 2.22. The third kappa shape index (κ3) is 3.72. The van der Waals surface area contributed by atoms with E-state index in [0.29, 0.717) is 6.04 Å². The minimum Gasteiger partial charge on any atom is -0.379 e. The van der Waals surface area contributed by atoms with E-state index in [1.165, 1.54) is 39.1 Å². The van der Waals surface area contributed by atoms with Gasteiger partial charge in [-0.3, -0.25) is 0 Å². The van der Waals surface area contributed by atoms with Gasteiger partial charge in [-0.05, 0) is 20.0 Å². The Labute approximate surface area is 92.6 Å². The molecule has 2 saturated heterocycles. The van der Waals surface area contributed by atoms with Gasteiger partial charge in [0.2, 0.25) is 0 Å². The van der Waals surface area contributed by atoms with E-state index in [1.54, 1.807) is 0 Å². The highest BCUT2D eigenvalue weighted by Crippen LogP contribution is 2.04. The van der Waals surface area contributed by atoms with Crippen molar-refractivity contribution in [2.75, 3.05) is 59.5 Å². The summed E-state index contributed by atoms with van der Waals surface area (Å²) >= 11 is 0. The first-order chi connectivity index (χ1) is 7.34. The zero-order valence-corrected chi connectivity index (χ0v) is 9.74. The Balaban J connectivity index is 1.60. The van der Waals surface area contributed by atoms with Crippen LogP contribution in [0.1, 0.15) is 6.42 Å². The number of morpholine rings is 1. The van der Waals surface area contributed by atoms with E-state index in [-0.39, 0.29) is 0 Å². The minimum atomic E-state index is 0.582. The molecule has 2 aliphatic heterocycles. The first-order valence-corrected chi connectivity index (χ1v) is 6.06. The smallest absolute Gasteiger partial charge is 0.0620 e. The van der Waals surface area contributed by atoms with Gasteiger partial charge < -0.3 is 19.9 Å².